The zero-order valence-electron chi connectivity index (χ0n) is 13.8. The number of nitrogens with one attached hydrogen (secondary N) is 2. The van der Waals surface area contributed by atoms with Crippen molar-refractivity contribution in [2.45, 2.75) is 13.5 Å². The summed E-state index contributed by atoms with van der Waals surface area (Å²) in [5, 5.41) is 4.82. The molecule has 7 nitrogen and oxygen atoms in total. The number of pyridine rings is 1. The molecule has 132 valence electrons. The molecule has 0 aliphatic heterocycles. The molecule has 0 saturated carbocycles. The molecule has 0 unspecified atom stereocenters. The molecule has 1 aromatic heterocycles. The van der Waals surface area contributed by atoms with E-state index < -0.39 is 17.6 Å². The number of aromatic nitrogens is 1. The molecular formula is C17H18FN3O4. The Bertz CT molecular complexity index is 750. The number of hydrogen-bond donors (Lipinski definition) is 2. The molecule has 0 bridgehead atoms. The number of benzene rings is 1. The van der Waals surface area contributed by atoms with E-state index in [1.54, 1.807) is 25.1 Å². The van der Waals surface area contributed by atoms with Crippen molar-refractivity contribution in [1.29, 1.82) is 0 Å². The van der Waals surface area contributed by atoms with Gasteiger partial charge in [0.1, 0.15) is 0 Å². The topological polar surface area (TPSA) is 89.5 Å². The van der Waals surface area contributed by atoms with Crippen molar-refractivity contribution in [1.82, 2.24) is 10.3 Å². The third kappa shape index (κ3) is 5.17. The van der Waals surface area contributed by atoms with Gasteiger partial charge >= 0.3 is 11.8 Å². The number of amides is 2. The van der Waals surface area contributed by atoms with Crippen LogP contribution in [0.4, 0.5) is 10.1 Å². The van der Waals surface area contributed by atoms with Gasteiger partial charge in [-0.05, 0) is 30.7 Å². The lowest BCUT2D eigenvalue weighted by Crippen LogP contribution is -2.35. The lowest BCUT2D eigenvalue weighted by atomic mass is 10.2. The molecule has 2 N–H and O–H groups in total. The van der Waals surface area contributed by atoms with Crippen LogP contribution in [0.15, 0.2) is 36.5 Å². The van der Waals surface area contributed by atoms with E-state index in [1.807, 2.05) is 0 Å². The number of carbonyl (C=O) groups is 2. The van der Waals surface area contributed by atoms with Crippen LogP contribution in [-0.4, -0.2) is 30.5 Å². The highest BCUT2D eigenvalue weighted by Crippen LogP contribution is 2.18. The van der Waals surface area contributed by atoms with Crippen LogP contribution in [0.2, 0.25) is 0 Å². The molecule has 2 rings (SSSR count). The van der Waals surface area contributed by atoms with Gasteiger partial charge in [0.05, 0.1) is 25.6 Å². The van der Waals surface area contributed by atoms with Crippen molar-refractivity contribution in [3.05, 3.63) is 47.9 Å². The molecular weight excluding hydrogens is 329 g/mol. The average molecular weight is 347 g/mol. The quantitative estimate of drug-likeness (QED) is 0.779. The number of ether oxygens (including phenoxy) is 2. The third-order valence-electron chi connectivity index (χ3n) is 3.16. The summed E-state index contributed by atoms with van der Waals surface area (Å²) < 4.78 is 23.7. The molecule has 1 aromatic carbocycles. The minimum Gasteiger partial charge on any atom is -0.491 e. The van der Waals surface area contributed by atoms with Gasteiger partial charge in [-0.15, -0.1) is 0 Å². The lowest BCUT2D eigenvalue weighted by molar-refractivity contribution is -0.136. The van der Waals surface area contributed by atoms with Crippen molar-refractivity contribution in [2.75, 3.05) is 19.0 Å². The van der Waals surface area contributed by atoms with Gasteiger partial charge in [-0.2, -0.15) is 0 Å². The van der Waals surface area contributed by atoms with Crippen molar-refractivity contribution >= 4 is 17.5 Å². The first-order valence-corrected chi connectivity index (χ1v) is 7.54. The number of halogens is 1. The first-order chi connectivity index (χ1) is 12.0. The highest BCUT2D eigenvalue weighted by molar-refractivity contribution is 6.39. The van der Waals surface area contributed by atoms with Crippen molar-refractivity contribution < 1.29 is 23.5 Å². The van der Waals surface area contributed by atoms with E-state index in [2.05, 4.69) is 15.6 Å². The van der Waals surface area contributed by atoms with Gasteiger partial charge in [-0.25, -0.2) is 9.37 Å². The Morgan fingerprint density at radius 3 is 2.60 bits per heavy atom. The van der Waals surface area contributed by atoms with Gasteiger partial charge in [0.2, 0.25) is 5.88 Å². The SMILES string of the molecule is CCOc1ccc(CNC(=O)C(=O)Nc2ccc(OC)nc2)cc1F. The summed E-state index contributed by atoms with van der Waals surface area (Å²) in [6.45, 7) is 2.12. The van der Waals surface area contributed by atoms with Crippen LogP contribution in [0.3, 0.4) is 0 Å². The highest BCUT2D eigenvalue weighted by Gasteiger charge is 2.14. The Morgan fingerprint density at radius 2 is 2.00 bits per heavy atom. The highest BCUT2D eigenvalue weighted by atomic mass is 19.1. The Balaban J connectivity index is 1.88. The molecule has 0 aliphatic rings. The van der Waals surface area contributed by atoms with Gasteiger partial charge < -0.3 is 20.1 Å². The number of carbonyl (C=O) groups excluding carboxylic acids is 2. The first kappa shape index (κ1) is 18.2. The molecule has 1 heterocycles. The minimum atomic E-state index is -0.849. The maximum absolute atomic E-state index is 13.7. The summed E-state index contributed by atoms with van der Waals surface area (Å²) in [5.41, 5.74) is 0.862. The van der Waals surface area contributed by atoms with Gasteiger partial charge in [-0.1, -0.05) is 6.07 Å². The van der Waals surface area contributed by atoms with Gasteiger partial charge in [-0.3, -0.25) is 9.59 Å². The number of anilines is 1. The van der Waals surface area contributed by atoms with Gasteiger partial charge in [0.25, 0.3) is 0 Å². The summed E-state index contributed by atoms with van der Waals surface area (Å²) in [7, 11) is 1.47. The Labute approximate surface area is 144 Å². The summed E-state index contributed by atoms with van der Waals surface area (Å²) in [6.07, 6.45) is 1.37. The minimum absolute atomic E-state index is 0.0104. The van der Waals surface area contributed by atoms with Crippen molar-refractivity contribution in [3.63, 3.8) is 0 Å². The van der Waals surface area contributed by atoms with Gasteiger partial charge in [0, 0.05) is 12.6 Å². The van der Waals surface area contributed by atoms with E-state index in [0.717, 1.165) is 0 Å². The first-order valence-electron chi connectivity index (χ1n) is 7.54. The number of nitrogens with zero attached hydrogens (tertiary/aromatic N) is 1. The smallest absolute Gasteiger partial charge is 0.313 e. The molecule has 0 radical (unpaired) electrons. The zero-order chi connectivity index (χ0) is 18.2. The molecule has 0 atom stereocenters. The normalized spacial score (nSPS) is 10.0. The summed E-state index contributed by atoms with van der Waals surface area (Å²) in [6, 6.07) is 7.44. The van der Waals surface area contributed by atoms with Crippen molar-refractivity contribution in [3.8, 4) is 11.6 Å². The molecule has 0 spiro atoms. The predicted octanol–water partition coefficient (Wildman–Crippen LogP) is 1.88. The van der Waals surface area contributed by atoms with E-state index in [0.29, 0.717) is 23.7 Å². The number of hydrogen-bond acceptors (Lipinski definition) is 5. The van der Waals surface area contributed by atoms with Crippen molar-refractivity contribution in [2.24, 2.45) is 0 Å². The summed E-state index contributed by atoms with van der Waals surface area (Å²) >= 11 is 0. The molecule has 0 aliphatic carbocycles. The van der Waals surface area contributed by atoms with E-state index in [4.69, 9.17) is 9.47 Å². The van der Waals surface area contributed by atoms with Crippen LogP contribution in [0, 0.1) is 5.82 Å². The van der Waals surface area contributed by atoms with E-state index >= 15 is 0 Å². The maximum Gasteiger partial charge on any atom is 0.313 e. The van der Waals surface area contributed by atoms with Crippen LogP contribution >= 0.6 is 0 Å². The Kier molecular flexibility index (Phi) is 6.27. The largest absolute Gasteiger partial charge is 0.491 e. The molecule has 0 fully saturated rings. The zero-order valence-corrected chi connectivity index (χ0v) is 13.8. The van der Waals surface area contributed by atoms with Crippen LogP contribution in [0.1, 0.15) is 12.5 Å². The monoisotopic (exact) mass is 347 g/mol. The standard InChI is InChI=1S/C17H18FN3O4/c1-3-25-14-6-4-11(8-13(14)18)9-20-16(22)17(23)21-12-5-7-15(24-2)19-10-12/h4-8,10H,3,9H2,1-2H3,(H,20,22)(H,21,23). The molecule has 2 amide bonds. The van der Waals surface area contributed by atoms with E-state index in [9.17, 15) is 14.0 Å². The second-order valence-corrected chi connectivity index (χ2v) is 4.92. The number of methoxy groups -OCH3 is 1. The second kappa shape index (κ2) is 8.62. The van der Waals surface area contributed by atoms with E-state index in [1.165, 1.54) is 25.4 Å². The van der Waals surface area contributed by atoms with Crippen LogP contribution in [0.25, 0.3) is 0 Å². The fourth-order valence-electron chi connectivity index (χ4n) is 1.95. The third-order valence-corrected chi connectivity index (χ3v) is 3.16. The second-order valence-electron chi connectivity index (χ2n) is 4.92. The fraction of sp³-hybridized carbons (Fsp3) is 0.235. The maximum atomic E-state index is 13.7. The molecule has 25 heavy (non-hydrogen) atoms. The summed E-state index contributed by atoms with van der Waals surface area (Å²) in [4.78, 5) is 27.5. The molecule has 8 heteroatoms. The molecule has 2 aromatic rings. The summed E-state index contributed by atoms with van der Waals surface area (Å²) in [5.74, 6) is -1.69. The van der Waals surface area contributed by atoms with E-state index in [-0.39, 0.29) is 12.3 Å². The predicted molar refractivity (Wildman–Crippen MR) is 88.8 cm³/mol. The average Bonchev–Trinajstić information content (AvgIpc) is 2.62. The van der Waals surface area contributed by atoms with Crippen LogP contribution in [0.5, 0.6) is 11.6 Å². The fourth-order valence-corrected chi connectivity index (χ4v) is 1.95. The Hall–Kier alpha value is -3.16. The van der Waals surface area contributed by atoms with Crippen LogP contribution in [-0.2, 0) is 16.1 Å². The number of rotatable bonds is 6. The lowest BCUT2D eigenvalue weighted by Gasteiger charge is -2.09. The van der Waals surface area contributed by atoms with Gasteiger partial charge in [0.15, 0.2) is 11.6 Å². The molecule has 0 saturated heterocycles. The Morgan fingerprint density at radius 1 is 1.20 bits per heavy atom. The van der Waals surface area contributed by atoms with Crippen LogP contribution < -0.4 is 20.1 Å².